The highest BCUT2D eigenvalue weighted by Gasteiger charge is 2.38. The van der Waals surface area contributed by atoms with Crippen LogP contribution in [0.3, 0.4) is 0 Å². The van der Waals surface area contributed by atoms with Gasteiger partial charge in [-0.25, -0.2) is 15.1 Å². The van der Waals surface area contributed by atoms with Crippen molar-refractivity contribution in [3.63, 3.8) is 0 Å². The number of terminal acetylenes is 1. The molecule has 2 aromatic heterocycles. The van der Waals surface area contributed by atoms with Crippen LogP contribution >= 0.6 is 41.7 Å². The quantitative estimate of drug-likeness (QED) is 0.0756. The summed E-state index contributed by atoms with van der Waals surface area (Å²) in [6.07, 6.45) is 4.16. The van der Waals surface area contributed by atoms with Gasteiger partial charge in [0.2, 0.25) is 5.95 Å². The van der Waals surface area contributed by atoms with E-state index in [9.17, 15) is 9.67 Å². The topological polar surface area (TPSA) is 156 Å². The first-order valence-electron chi connectivity index (χ1n) is 12.8. The molecule has 1 aromatic carbocycles. The summed E-state index contributed by atoms with van der Waals surface area (Å²) in [5, 5.41) is 14.2. The molecule has 2 fully saturated rings. The summed E-state index contributed by atoms with van der Waals surface area (Å²) in [7, 11) is -0.234. The molecule has 2 saturated heterocycles. The number of anilines is 1. The highest BCUT2D eigenvalue weighted by molar-refractivity contribution is 8.76. The van der Waals surface area contributed by atoms with Crippen LogP contribution in [0.5, 0.6) is 0 Å². The van der Waals surface area contributed by atoms with Crippen molar-refractivity contribution in [2.24, 2.45) is 0 Å². The van der Waals surface area contributed by atoms with E-state index in [1.165, 1.54) is 0 Å². The van der Waals surface area contributed by atoms with Crippen LogP contribution < -0.4 is 10.8 Å². The molecule has 4 N–H and O–H groups in total. The number of fused-ring (bicyclic) bond motifs is 1. The van der Waals surface area contributed by atoms with E-state index < -0.39 is 32.1 Å². The number of nitrogens with two attached hydrogens (primary N) is 1. The van der Waals surface area contributed by atoms with E-state index in [1.807, 2.05) is 30.3 Å². The van der Waals surface area contributed by atoms with E-state index in [4.69, 9.17) is 30.9 Å². The summed E-state index contributed by atoms with van der Waals surface area (Å²) in [4.78, 5) is 12.6. The normalized spacial score (nSPS) is 26.1. The number of aromatic nitrogens is 4. The van der Waals surface area contributed by atoms with Crippen molar-refractivity contribution < 1.29 is 28.4 Å². The standard InChI is InChI=1S/C25H31N6O6PS3/c1-2-8-35-19-12-40-41-13-20(19)37-38(33,28-10-16-6-4-3-5-7-16)15-34-11-18-17(32)9-21(36-18)31-14-27-22-23(31)29-25(26)30-24(22)39/h1,3-7,14,17-21,32H,8-13,15H2,(H,28,33)(H3,26,29,30,39)/t17-,18+,19-,20-,21+,38?/m0/s1. The fourth-order valence-corrected chi connectivity index (χ4v) is 8.89. The van der Waals surface area contributed by atoms with Gasteiger partial charge in [-0.15, -0.1) is 19.1 Å². The molecule has 0 saturated carbocycles. The average molecular weight is 639 g/mol. The first-order chi connectivity index (χ1) is 19.8. The Kier molecular flexibility index (Phi) is 10.5. The number of hydrogen-bond acceptors (Lipinski definition) is 13. The zero-order valence-corrected chi connectivity index (χ0v) is 25.4. The van der Waals surface area contributed by atoms with Gasteiger partial charge in [0.15, 0.2) is 5.65 Å². The van der Waals surface area contributed by atoms with Gasteiger partial charge in [-0.2, -0.15) is 4.98 Å². The van der Waals surface area contributed by atoms with Gasteiger partial charge in [-0.05, 0) is 5.56 Å². The number of ether oxygens (including phenoxy) is 3. The first kappa shape index (κ1) is 30.6. The summed E-state index contributed by atoms with van der Waals surface area (Å²) in [5.41, 5.74) is 7.67. The summed E-state index contributed by atoms with van der Waals surface area (Å²) < 4.78 is 39.7. The molecular formula is C25H31N6O6PS3. The minimum absolute atomic E-state index is 0.00804. The Labute approximate surface area is 251 Å². The van der Waals surface area contributed by atoms with Crippen molar-refractivity contribution in [1.29, 1.82) is 0 Å². The van der Waals surface area contributed by atoms with Crippen LogP contribution in [-0.4, -0.2) is 80.1 Å². The van der Waals surface area contributed by atoms with Gasteiger partial charge >= 0.3 is 0 Å². The second kappa shape index (κ2) is 14.1. The molecule has 2 aliphatic heterocycles. The van der Waals surface area contributed by atoms with Crippen LogP contribution in [0.25, 0.3) is 11.2 Å². The Hall–Kier alpha value is -1.83. The SMILES string of the molecule is C#CCO[C@H]1CSSC[C@@H]1OP(=O)(COC[C@H]1O[C@@H](n2cnc3c(S)nc(N)nc32)C[C@@H]1O)NCc1ccccc1. The zero-order chi connectivity index (χ0) is 28.8. The molecule has 6 atom stereocenters. The highest BCUT2D eigenvalue weighted by atomic mass is 33.1. The van der Waals surface area contributed by atoms with Crippen molar-refractivity contribution in [2.75, 3.05) is 36.8 Å². The predicted molar refractivity (Wildman–Crippen MR) is 162 cm³/mol. The van der Waals surface area contributed by atoms with Crippen molar-refractivity contribution in [2.45, 2.75) is 48.6 Å². The van der Waals surface area contributed by atoms with Crippen LogP contribution in [-0.2, 0) is 29.8 Å². The molecule has 4 heterocycles. The maximum absolute atomic E-state index is 14.1. The molecule has 0 bridgehead atoms. The van der Waals surface area contributed by atoms with Gasteiger partial charge < -0.3 is 29.6 Å². The second-order valence-corrected chi connectivity index (χ2v) is 14.5. The summed E-state index contributed by atoms with van der Waals surface area (Å²) in [6, 6.07) is 9.60. The van der Waals surface area contributed by atoms with Crippen molar-refractivity contribution in [3.05, 3.63) is 42.2 Å². The Morgan fingerprint density at radius 2 is 2.05 bits per heavy atom. The number of imidazole rings is 1. The molecular weight excluding hydrogens is 607 g/mol. The predicted octanol–water partition coefficient (Wildman–Crippen LogP) is 3.10. The lowest BCUT2D eigenvalue weighted by atomic mass is 10.2. The van der Waals surface area contributed by atoms with Gasteiger partial charge in [0.05, 0.1) is 25.1 Å². The van der Waals surface area contributed by atoms with E-state index in [-0.39, 0.29) is 38.0 Å². The highest BCUT2D eigenvalue weighted by Crippen LogP contribution is 2.47. The molecule has 0 spiro atoms. The van der Waals surface area contributed by atoms with Crippen LogP contribution in [0.1, 0.15) is 18.2 Å². The molecule has 1 unspecified atom stereocenters. The van der Waals surface area contributed by atoms with Crippen molar-refractivity contribution >= 4 is 58.8 Å². The van der Waals surface area contributed by atoms with E-state index in [1.54, 1.807) is 32.5 Å². The molecule has 2 aliphatic rings. The molecule has 0 aliphatic carbocycles. The fourth-order valence-electron chi connectivity index (χ4n) is 4.45. The molecule has 41 heavy (non-hydrogen) atoms. The lowest BCUT2D eigenvalue weighted by Crippen LogP contribution is -2.39. The van der Waals surface area contributed by atoms with Crippen molar-refractivity contribution in [3.8, 4) is 12.3 Å². The minimum Gasteiger partial charge on any atom is -0.390 e. The number of nitrogens with one attached hydrogen (secondary N) is 1. The zero-order valence-electron chi connectivity index (χ0n) is 21.9. The number of aliphatic hydroxyl groups is 1. The number of nitrogens with zero attached hydrogens (tertiary/aromatic N) is 4. The van der Waals surface area contributed by atoms with Gasteiger partial charge in [-0.3, -0.25) is 9.13 Å². The van der Waals surface area contributed by atoms with E-state index in [0.29, 0.717) is 34.2 Å². The first-order valence-corrected chi connectivity index (χ1v) is 17.6. The third-order valence-corrected chi connectivity index (χ3v) is 11.0. The summed E-state index contributed by atoms with van der Waals surface area (Å²) in [6.45, 7) is 0.459. The van der Waals surface area contributed by atoms with Gasteiger partial charge in [-0.1, -0.05) is 57.8 Å². The number of thiol groups is 1. The molecule has 5 rings (SSSR count). The third-order valence-electron chi connectivity index (χ3n) is 6.49. The third kappa shape index (κ3) is 7.77. The average Bonchev–Trinajstić information content (AvgIpc) is 3.55. The van der Waals surface area contributed by atoms with Gasteiger partial charge in [0.1, 0.15) is 41.9 Å². The van der Waals surface area contributed by atoms with E-state index in [2.05, 4.69) is 38.6 Å². The number of hydrogen-bond donors (Lipinski definition) is 4. The van der Waals surface area contributed by atoms with Gasteiger partial charge in [0.25, 0.3) is 7.52 Å². The summed E-state index contributed by atoms with van der Waals surface area (Å²) in [5.74, 6) is 3.79. The Morgan fingerprint density at radius 3 is 2.83 bits per heavy atom. The van der Waals surface area contributed by atoms with Crippen LogP contribution in [0, 0.1) is 12.3 Å². The lowest BCUT2D eigenvalue weighted by molar-refractivity contribution is -0.0569. The van der Waals surface area contributed by atoms with Gasteiger partial charge in [0, 0.05) is 24.5 Å². The minimum atomic E-state index is -3.52. The van der Waals surface area contributed by atoms with E-state index in [0.717, 1.165) is 5.56 Å². The molecule has 0 radical (unpaired) electrons. The van der Waals surface area contributed by atoms with Crippen molar-refractivity contribution in [1.82, 2.24) is 24.6 Å². The largest absolute Gasteiger partial charge is 0.390 e. The fraction of sp³-hybridized carbons (Fsp3) is 0.480. The second-order valence-electron chi connectivity index (χ2n) is 9.42. The Balaban J connectivity index is 1.23. The molecule has 220 valence electrons. The molecule has 0 amide bonds. The number of rotatable bonds is 12. The lowest BCUT2D eigenvalue weighted by Gasteiger charge is -2.33. The molecule has 3 aromatic rings. The Bertz CT molecular complexity index is 1410. The maximum atomic E-state index is 14.1. The number of benzene rings is 1. The number of aliphatic hydroxyl groups excluding tert-OH is 1. The molecule has 12 nitrogen and oxygen atoms in total. The van der Waals surface area contributed by atoms with Crippen LogP contribution in [0.2, 0.25) is 0 Å². The summed E-state index contributed by atoms with van der Waals surface area (Å²) >= 11 is 4.31. The monoisotopic (exact) mass is 638 g/mol. The van der Waals surface area contributed by atoms with Crippen LogP contribution in [0.15, 0.2) is 41.7 Å². The molecule has 16 heteroatoms. The maximum Gasteiger partial charge on any atom is 0.295 e. The number of nitrogen functional groups attached to an aromatic ring is 1. The smallest absolute Gasteiger partial charge is 0.295 e. The van der Waals surface area contributed by atoms with Crippen LogP contribution in [0.4, 0.5) is 5.95 Å². The van der Waals surface area contributed by atoms with E-state index >= 15 is 0 Å². The Morgan fingerprint density at radius 1 is 1.27 bits per heavy atom.